The first kappa shape index (κ1) is 23.5. The maximum Gasteiger partial charge on any atom is 0.326 e. The van der Waals surface area contributed by atoms with Gasteiger partial charge in [0.05, 0.1) is 17.8 Å². The number of anilines is 1. The predicted octanol–water partition coefficient (Wildman–Crippen LogP) is 3.59. The molecule has 4 aromatic rings. The summed E-state index contributed by atoms with van der Waals surface area (Å²) in [6.45, 7) is 7.75. The zero-order valence-electron chi connectivity index (χ0n) is 20.9. The Morgan fingerprint density at radius 3 is 2.73 bits per heavy atom. The fourth-order valence-corrected chi connectivity index (χ4v) is 5.38. The largest absolute Gasteiger partial charge is 0.326 e. The van der Waals surface area contributed by atoms with E-state index >= 15 is 0 Å². The average Bonchev–Trinajstić information content (AvgIpc) is 3.64. The van der Waals surface area contributed by atoms with Gasteiger partial charge in [0.15, 0.2) is 11.5 Å². The predicted molar refractivity (Wildman–Crippen MR) is 137 cm³/mol. The maximum atomic E-state index is 15.0. The van der Waals surface area contributed by atoms with Crippen LogP contribution in [-0.2, 0) is 0 Å². The zero-order valence-corrected chi connectivity index (χ0v) is 20.9. The summed E-state index contributed by atoms with van der Waals surface area (Å²) in [4.78, 5) is 26.4. The number of aromatic nitrogens is 6. The molecule has 2 N–H and O–H groups in total. The second kappa shape index (κ2) is 9.55. The summed E-state index contributed by atoms with van der Waals surface area (Å²) in [6, 6.07) is 6.75. The minimum absolute atomic E-state index is 0.00273. The lowest BCUT2D eigenvalue weighted by Crippen LogP contribution is -2.40. The third kappa shape index (κ3) is 4.33. The Balaban J connectivity index is 1.32. The second-order valence-electron chi connectivity index (χ2n) is 10.2. The number of rotatable bonds is 6. The van der Waals surface area contributed by atoms with Crippen LogP contribution in [0, 0.1) is 17.7 Å². The van der Waals surface area contributed by atoms with Crippen LogP contribution in [0.4, 0.5) is 15.0 Å². The molecule has 2 saturated heterocycles. The number of carbonyl (C=O) groups excluding carboxylic acids is 1. The molecule has 6 rings (SSSR count). The van der Waals surface area contributed by atoms with Crippen LogP contribution < -0.4 is 10.2 Å². The van der Waals surface area contributed by atoms with Crippen molar-refractivity contribution in [2.24, 2.45) is 11.8 Å². The molecule has 2 amide bonds. The lowest BCUT2D eigenvalue weighted by molar-refractivity contribution is 0.202. The van der Waals surface area contributed by atoms with Crippen LogP contribution in [0.5, 0.6) is 0 Å². The van der Waals surface area contributed by atoms with Crippen molar-refractivity contribution in [3.8, 4) is 22.5 Å². The maximum absolute atomic E-state index is 15.0. The van der Waals surface area contributed by atoms with Crippen LogP contribution in [0.3, 0.4) is 0 Å². The topological polar surface area (TPSA) is 107 Å². The van der Waals surface area contributed by atoms with Gasteiger partial charge in [-0.05, 0) is 61.5 Å². The smallest absolute Gasteiger partial charge is 0.322 e. The van der Waals surface area contributed by atoms with Crippen molar-refractivity contribution in [3.05, 3.63) is 48.8 Å². The molecule has 1 atom stereocenters. The van der Waals surface area contributed by atoms with E-state index in [4.69, 9.17) is 4.98 Å². The summed E-state index contributed by atoms with van der Waals surface area (Å²) >= 11 is 0. The third-order valence-corrected chi connectivity index (χ3v) is 7.46. The van der Waals surface area contributed by atoms with Crippen molar-refractivity contribution in [1.82, 2.24) is 40.0 Å². The Labute approximate surface area is 213 Å². The Kier molecular flexibility index (Phi) is 6.07. The van der Waals surface area contributed by atoms with Crippen molar-refractivity contribution >= 4 is 17.5 Å². The summed E-state index contributed by atoms with van der Waals surface area (Å²) in [5, 5.41) is 14.4. The van der Waals surface area contributed by atoms with E-state index in [1.54, 1.807) is 29.0 Å². The van der Waals surface area contributed by atoms with Gasteiger partial charge in [0.2, 0.25) is 0 Å². The van der Waals surface area contributed by atoms with E-state index in [0.717, 1.165) is 32.5 Å². The normalized spacial score (nSPS) is 19.0. The van der Waals surface area contributed by atoms with Crippen LogP contribution in [0.2, 0.25) is 0 Å². The van der Waals surface area contributed by atoms with Crippen LogP contribution in [0.15, 0.2) is 43.0 Å². The molecule has 192 valence electrons. The Hall–Kier alpha value is -3.86. The van der Waals surface area contributed by atoms with E-state index < -0.39 is 5.82 Å². The number of benzene rings is 1. The van der Waals surface area contributed by atoms with Crippen molar-refractivity contribution in [2.75, 3.05) is 31.1 Å². The van der Waals surface area contributed by atoms with Gasteiger partial charge in [-0.15, -0.1) is 0 Å². The monoisotopic (exact) mass is 503 g/mol. The number of nitrogens with zero attached hydrogens (tertiary/aromatic N) is 7. The highest BCUT2D eigenvalue weighted by Gasteiger charge is 2.41. The number of nitrogens with one attached hydrogen (secondary N) is 2. The second-order valence-corrected chi connectivity index (χ2v) is 10.2. The molecule has 5 heterocycles. The van der Waals surface area contributed by atoms with Gasteiger partial charge in [-0.1, -0.05) is 19.9 Å². The summed E-state index contributed by atoms with van der Waals surface area (Å²) < 4.78 is 16.6. The van der Waals surface area contributed by atoms with Crippen LogP contribution in [0.25, 0.3) is 28.2 Å². The minimum Gasteiger partial charge on any atom is -0.322 e. The van der Waals surface area contributed by atoms with E-state index in [1.165, 1.54) is 12.4 Å². The fraction of sp³-hybridized carbons (Fsp3) is 0.423. The average molecular weight is 504 g/mol. The van der Waals surface area contributed by atoms with E-state index in [9.17, 15) is 9.18 Å². The number of piperidine rings is 1. The summed E-state index contributed by atoms with van der Waals surface area (Å²) in [5.74, 6) is 1.23. The first-order chi connectivity index (χ1) is 18.0. The van der Waals surface area contributed by atoms with Gasteiger partial charge in [0, 0.05) is 24.8 Å². The number of carbonyl (C=O) groups is 1. The Bertz CT molecular complexity index is 1410. The first-order valence-electron chi connectivity index (χ1n) is 12.8. The Morgan fingerprint density at radius 2 is 2.00 bits per heavy atom. The third-order valence-electron chi connectivity index (χ3n) is 7.46. The van der Waals surface area contributed by atoms with Crippen molar-refractivity contribution in [1.29, 1.82) is 0 Å². The van der Waals surface area contributed by atoms with Crippen molar-refractivity contribution < 1.29 is 9.18 Å². The quantitative estimate of drug-likeness (QED) is 0.417. The van der Waals surface area contributed by atoms with E-state index in [0.29, 0.717) is 46.4 Å². The van der Waals surface area contributed by atoms with Gasteiger partial charge < -0.3 is 10.2 Å². The SMILES string of the molecule is CC(C)C1CN(CC2CCNCC2)C(=O)N1c1ccn2ncc(-c3ccc(-c4nc[nH]n4)c(F)c3)c2n1. The minimum atomic E-state index is -0.434. The van der Waals surface area contributed by atoms with E-state index in [1.807, 2.05) is 15.9 Å². The number of halogens is 1. The molecular formula is C26H30FN9O. The van der Waals surface area contributed by atoms with Crippen LogP contribution in [-0.4, -0.2) is 72.9 Å². The highest BCUT2D eigenvalue weighted by molar-refractivity contribution is 5.94. The molecule has 37 heavy (non-hydrogen) atoms. The highest BCUT2D eigenvalue weighted by Crippen LogP contribution is 2.32. The fourth-order valence-electron chi connectivity index (χ4n) is 5.38. The number of aromatic amines is 1. The molecule has 0 spiro atoms. The molecule has 2 aliphatic rings. The number of fused-ring (bicyclic) bond motifs is 1. The van der Waals surface area contributed by atoms with Gasteiger partial charge in [0.25, 0.3) is 0 Å². The Morgan fingerprint density at radius 1 is 1.16 bits per heavy atom. The van der Waals surface area contributed by atoms with Crippen molar-refractivity contribution in [2.45, 2.75) is 32.7 Å². The molecule has 10 nitrogen and oxygen atoms in total. The number of H-pyrrole nitrogens is 1. The van der Waals surface area contributed by atoms with Crippen LogP contribution >= 0.6 is 0 Å². The molecule has 2 fully saturated rings. The van der Waals surface area contributed by atoms with Gasteiger partial charge in [-0.3, -0.25) is 10.00 Å². The van der Waals surface area contributed by atoms with Gasteiger partial charge in [-0.25, -0.2) is 23.7 Å². The molecule has 3 aromatic heterocycles. The molecule has 0 aliphatic carbocycles. The molecule has 0 radical (unpaired) electrons. The summed E-state index contributed by atoms with van der Waals surface area (Å²) in [5.41, 5.74) is 2.19. The lowest BCUT2D eigenvalue weighted by atomic mass is 9.97. The number of hydrogen-bond acceptors (Lipinski definition) is 6. The summed E-state index contributed by atoms with van der Waals surface area (Å²) in [7, 11) is 0. The standard InChI is InChI=1S/C26H30FN9O/c1-16(2)22-14-34(13-17-5-8-28-9-6-17)26(37)36(22)23-7-10-35-25(32-23)20(12-31-35)18-3-4-19(21(27)11-18)24-29-15-30-33-24/h3-4,7,10-12,15-17,22,28H,5-6,8-9,13-14H2,1-2H3,(H,29,30,33). The lowest BCUT2D eigenvalue weighted by Gasteiger charge is -2.27. The van der Waals surface area contributed by atoms with Gasteiger partial charge in [-0.2, -0.15) is 10.2 Å². The number of urea groups is 1. The molecular weight excluding hydrogens is 473 g/mol. The number of amides is 2. The van der Waals surface area contributed by atoms with Crippen molar-refractivity contribution in [3.63, 3.8) is 0 Å². The first-order valence-corrected chi connectivity index (χ1v) is 12.8. The molecule has 0 saturated carbocycles. The zero-order chi connectivity index (χ0) is 25.5. The molecule has 1 unspecified atom stereocenters. The number of hydrogen-bond donors (Lipinski definition) is 2. The molecule has 1 aromatic carbocycles. The molecule has 11 heteroatoms. The molecule has 2 aliphatic heterocycles. The summed E-state index contributed by atoms with van der Waals surface area (Å²) in [6.07, 6.45) is 7.06. The molecule has 0 bridgehead atoms. The van der Waals surface area contributed by atoms with E-state index in [-0.39, 0.29) is 18.0 Å². The van der Waals surface area contributed by atoms with Gasteiger partial charge in [0.1, 0.15) is 18.0 Å². The van der Waals surface area contributed by atoms with E-state index in [2.05, 4.69) is 39.4 Å². The van der Waals surface area contributed by atoms with Gasteiger partial charge >= 0.3 is 6.03 Å². The highest BCUT2D eigenvalue weighted by atomic mass is 19.1. The van der Waals surface area contributed by atoms with Crippen LogP contribution in [0.1, 0.15) is 26.7 Å².